The summed E-state index contributed by atoms with van der Waals surface area (Å²) in [5.74, 6) is -2.46. The molecule has 4 aromatic rings. The van der Waals surface area contributed by atoms with Gasteiger partial charge in [0.25, 0.3) is 11.5 Å². The van der Waals surface area contributed by atoms with Crippen LogP contribution in [0.5, 0.6) is 0 Å². The number of aromatic nitrogens is 3. The van der Waals surface area contributed by atoms with E-state index in [4.69, 9.17) is 0 Å². The maximum atomic E-state index is 13.5. The Balaban J connectivity index is 1.70. The molecule has 0 unspecified atom stereocenters. The van der Waals surface area contributed by atoms with Crippen molar-refractivity contribution in [3.05, 3.63) is 93.9 Å². The van der Waals surface area contributed by atoms with E-state index < -0.39 is 23.1 Å². The molecule has 0 radical (unpaired) electrons. The van der Waals surface area contributed by atoms with Crippen molar-refractivity contribution < 1.29 is 13.6 Å². The molecule has 0 aliphatic carbocycles. The Bertz CT molecular complexity index is 1230. The Labute approximate surface area is 157 Å². The first-order chi connectivity index (χ1) is 13.5. The fourth-order valence-electron chi connectivity index (χ4n) is 2.83. The monoisotopic (exact) mass is 380 g/mol. The number of benzene rings is 2. The number of amides is 1. The lowest BCUT2D eigenvalue weighted by Gasteiger charge is -2.05. The van der Waals surface area contributed by atoms with Gasteiger partial charge in [0.15, 0.2) is 17.3 Å². The van der Waals surface area contributed by atoms with Crippen molar-refractivity contribution >= 4 is 11.6 Å². The van der Waals surface area contributed by atoms with Gasteiger partial charge >= 0.3 is 0 Å². The van der Waals surface area contributed by atoms with Crippen LogP contribution in [0.1, 0.15) is 15.9 Å². The molecule has 2 aromatic heterocycles. The summed E-state index contributed by atoms with van der Waals surface area (Å²) in [6, 6.07) is 13.8. The summed E-state index contributed by atoms with van der Waals surface area (Å²) in [5, 5.41) is 5.45. The first kappa shape index (κ1) is 17.6. The summed E-state index contributed by atoms with van der Waals surface area (Å²) in [6.45, 7) is 0.310. The third kappa shape index (κ3) is 3.27. The highest BCUT2D eigenvalue weighted by atomic mass is 19.2. The van der Waals surface area contributed by atoms with Gasteiger partial charge in [-0.15, -0.1) is 0 Å². The van der Waals surface area contributed by atoms with E-state index >= 15 is 0 Å². The van der Waals surface area contributed by atoms with Crippen molar-refractivity contribution in [1.82, 2.24) is 19.9 Å². The molecule has 0 fully saturated rings. The molecule has 0 spiro atoms. The van der Waals surface area contributed by atoms with Gasteiger partial charge in [0, 0.05) is 24.4 Å². The van der Waals surface area contributed by atoms with Gasteiger partial charge in [0.1, 0.15) is 5.56 Å². The molecule has 8 heteroatoms. The zero-order valence-corrected chi connectivity index (χ0v) is 14.4. The van der Waals surface area contributed by atoms with Crippen LogP contribution in [-0.2, 0) is 6.54 Å². The van der Waals surface area contributed by atoms with Crippen molar-refractivity contribution in [2.24, 2.45) is 0 Å². The van der Waals surface area contributed by atoms with Crippen LogP contribution in [0.3, 0.4) is 0 Å². The van der Waals surface area contributed by atoms with E-state index in [9.17, 15) is 18.4 Å². The smallest absolute Gasteiger partial charge is 0.273 e. The predicted octanol–water partition coefficient (Wildman–Crippen LogP) is 2.90. The number of carbonyl (C=O) groups is 1. The number of aromatic amines is 1. The van der Waals surface area contributed by atoms with E-state index in [0.29, 0.717) is 6.54 Å². The standard InChI is InChI=1S/C20H14F2N4O2/c21-15-7-6-13(8-16(15)22)17-9-18(27)26-19(25-17)14(11-24-26)20(28)23-10-12-4-2-1-3-5-12/h1-9,11,24H,10H2,(H,23,28). The molecule has 4 rings (SSSR count). The molecule has 2 heterocycles. The van der Waals surface area contributed by atoms with Crippen LogP contribution in [0, 0.1) is 11.6 Å². The molecule has 0 aliphatic heterocycles. The summed E-state index contributed by atoms with van der Waals surface area (Å²) in [4.78, 5) is 29.2. The number of hydrogen-bond acceptors (Lipinski definition) is 3. The van der Waals surface area contributed by atoms with Crippen LogP contribution in [0.2, 0.25) is 0 Å². The van der Waals surface area contributed by atoms with Gasteiger partial charge in [0.05, 0.1) is 5.69 Å². The molecular weight excluding hydrogens is 366 g/mol. The van der Waals surface area contributed by atoms with Gasteiger partial charge < -0.3 is 5.32 Å². The van der Waals surface area contributed by atoms with Crippen LogP contribution in [0.25, 0.3) is 16.9 Å². The van der Waals surface area contributed by atoms with Crippen LogP contribution < -0.4 is 10.9 Å². The number of nitrogens with one attached hydrogen (secondary N) is 2. The molecule has 0 aliphatic rings. The Morgan fingerprint density at radius 3 is 2.61 bits per heavy atom. The largest absolute Gasteiger partial charge is 0.348 e. The second-order valence-electron chi connectivity index (χ2n) is 6.12. The predicted molar refractivity (Wildman–Crippen MR) is 98.8 cm³/mol. The molecule has 0 atom stereocenters. The van der Waals surface area contributed by atoms with Gasteiger partial charge in [-0.1, -0.05) is 30.3 Å². The first-order valence-corrected chi connectivity index (χ1v) is 8.41. The van der Waals surface area contributed by atoms with E-state index in [0.717, 1.165) is 22.2 Å². The Hall–Kier alpha value is -3.81. The molecular formula is C20H14F2N4O2. The highest BCUT2D eigenvalue weighted by Crippen LogP contribution is 2.20. The van der Waals surface area contributed by atoms with Crippen LogP contribution >= 0.6 is 0 Å². The molecule has 0 bridgehead atoms. The average Bonchev–Trinajstić information content (AvgIpc) is 3.14. The molecule has 2 aromatic carbocycles. The van der Waals surface area contributed by atoms with Crippen LogP contribution in [0.15, 0.2) is 65.6 Å². The number of H-pyrrole nitrogens is 1. The Morgan fingerprint density at radius 1 is 1.07 bits per heavy atom. The van der Waals surface area contributed by atoms with Gasteiger partial charge in [0.2, 0.25) is 0 Å². The molecule has 28 heavy (non-hydrogen) atoms. The number of rotatable bonds is 4. The molecule has 1 amide bonds. The summed E-state index contributed by atoms with van der Waals surface area (Å²) in [6.07, 6.45) is 1.37. The fourth-order valence-corrected chi connectivity index (χ4v) is 2.83. The molecule has 6 nitrogen and oxygen atoms in total. The van der Waals surface area contributed by atoms with E-state index in [1.54, 1.807) is 0 Å². The summed E-state index contributed by atoms with van der Waals surface area (Å²) in [5.41, 5.74) is 1.07. The fraction of sp³-hybridized carbons (Fsp3) is 0.0500. The quantitative estimate of drug-likeness (QED) is 0.571. The Morgan fingerprint density at radius 2 is 1.86 bits per heavy atom. The summed E-state index contributed by atoms with van der Waals surface area (Å²) in [7, 11) is 0. The average molecular weight is 380 g/mol. The molecule has 0 saturated heterocycles. The minimum atomic E-state index is -1.05. The topological polar surface area (TPSA) is 79.3 Å². The lowest BCUT2D eigenvalue weighted by atomic mass is 10.1. The highest BCUT2D eigenvalue weighted by Gasteiger charge is 2.16. The molecule has 140 valence electrons. The molecule has 2 N–H and O–H groups in total. The van der Waals surface area contributed by atoms with E-state index in [-0.39, 0.29) is 22.5 Å². The molecule has 0 saturated carbocycles. The number of halogens is 2. The minimum absolute atomic E-state index is 0.0952. The van der Waals surface area contributed by atoms with Crippen molar-refractivity contribution in [3.8, 4) is 11.3 Å². The Kier molecular flexibility index (Phi) is 4.44. The van der Waals surface area contributed by atoms with Gasteiger partial charge in [-0.2, -0.15) is 0 Å². The van der Waals surface area contributed by atoms with Crippen molar-refractivity contribution in [2.75, 3.05) is 0 Å². The number of hydrogen-bond donors (Lipinski definition) is 2. The maximum absolute atomic E-state index is 13.5. The lowest BCUT2D eigenvalue weighted by molar-refractivity contribution is 0.0952. The van der Waals surface area contributed by atoms with Gasteiger partial charge in [-0.3, -0.25) is 14.7 Å². The van der Waals surface area contributed by atoms with Gasteiger partial charge in [-0.25, -0.2) is 18.3 Å². The van der Waals surface area contributed by atoms with E-state index in [1.807, 2.05) is 30.3 Å². The number of fused-ring (bicyclic) bond motifs is 1. The third-order valence-corrected chi connectivity index (χ3v) is 4.25. The van der Waals surface area contributed by atoms with Crippen molar-refractivity contribution in [2.45, 2.75) is 6.54 Å². The number of nitrogens with zero attached hydrogens (tertiary/aromatic N) is 2. The minimum Gasteiger partial charge on any atom is -0.348 e. The SMILES string of the molecule is O=C(NCc1ccccc1)c1c[nH]n2c(=O)cc(-c3ccc(F)c(F)c3)nc12. The normalized spacial score (nSPS) is 10.9. The third-order valence-electron chi connectivity index (χ3n) is 4.25. The first-order valence-electron chi connectivity index (χ1n) is 8.41. The van der Waals surface area contributed by atoms with Crippen LogP contribution in [0.4, 0.5) is 8.78 Å². The zero-order chi connectivity index (χ0) is 19.7. The van der Waals surface area contributed by atoms with Crippen LogP contribution in [-0.4, -0.2) is 20.5 Å². The number of carbonyl (C=O) groups excluding carboxylic acids is 1. The second kappa shape index (κ2) is 7.07. The zero-order valence-electron chi connectivity index (χ0n) is 14.4. The summed E-state index contributed by atoms with van der Waals surface area (Å²) < 4.78 is 27.8. The van der Waals surface area contributed by atoms with Gasteiger partial charge in [-0.05, 0) is 23.8 Å². The summed E-state index contributed by atoms with van der Waals surface area (Å²) >= 11 is 0. The van der Waals surface area contributed by atoms with Crippen molar-refractivity contribution in [3.63, 3.8) is 0 Å². The van der Waals surface area contributed by atoms with Crippen molar-refractivity contribution in [1.29, 1.82) is 0 Å². The highest BCUT2D eigenvalue weighted by molar-refractivity contribution is 5.99. The lowest BCUT2D eigenvalue weighted by Crippen LogP contribution is -2.23. The maximum Gasteiger partial charge on any atom is 0.273 e. The second-order valence-corrected chi connectivity index (χ2v) is 6.12. The van der Waals surface area contributed by atoms with E-state index in [1.165, 1.54) is 18.3 Å². The van der Waals surface area contributed by atoms with E-state index in [2.05, 4.69) is 15.4 Å².